The summed E-state index contributed by atoms with van der Waals surface area (Å²) in [5.74, 6) is -1.70. The number of nitrogens with one attached hydrogen (secondary N) is 4. The normalized spacial score (nSPS) is 10.0. The number of aryl methyl sites for hydroxylation is 1. The highest BCUT2D eigenvalue weighted by Gasteiger charge is 2.12. The third-order valence-electron chi connectivity index (χ3n) is 3.97. The van der Waals surface area contributed by atoms with Crippen LogP contribution in [0.15, 0.2) is 42.7 Å². The van der Waals surface area contributed by atoms with Crippen LogP contribution in [0.25, 0.3) is 0 Å². The zero-order valence-corrected chi connectivity index (χ0v) is 16.4. The number of nitrogens with zero attached hydrogens (tertiary/aromatic N) is 2. The summed E-state index contributed by atoms with van der Waals surface area (Å²) in [4.78, 5) is 36.9. The number of aromatic nitrogens is 1. The number of hydrogen-bond donors (Lipinski definition) is 4. The fraction of sp³-hybridized carbons (Fsp3) is 0.263. The van der Waals surface area contributed by atoms with Gasteiger partial charge in [0.2, 0.25) is 6.54 Å². The van der Waals surface area contributed by atoms with Gasteiger partial charge in [0.1, 0.15) is 0 Å². The summed E-state index contributed by atoms with van der Waals surface area (Å²) >= 11 is 0. The summed E-state index contributed by atoms with van der Waals surface area (Å²) in [6, 6.07) is 9.05. The number of rotatable bonds is 6. The molecule has 0 aliphatic carbocycles. The first-order chi connectivity index (χ1) is 13.3. The van der Waals surface area contributed by atoms with Gasteiger partial charge in [-0.15, -0.1) is 0 Å². The van der Waals surface area contributed by atoms with Crippen LogP contribution in [0.3, 0.4) is 0 Å². The number of carbonyl (C=O) groups excluding carboxylic acids is 3. The Hall–Kier alpha value is -3.62. The lowest BCUT2D eigenvalue weighted by Gasteiger charge is -2.12. The van der Waals surface area contributed by atoms with Crippen LogP contribution in [0.4, 0.5) is 17.1 Å². The number of hydrogen-bond acceptors (Lipinski definition) is 5. The van der Waals surface area contributed by atoms with Crippen molar-refractivity contribution in [1.82, 2.24) is 10.7 Å². The quantitative estimate of drug-likeness (QED) is 0.322. The van der Waals surface area contributed by atoms with E-state index in [0.29, 0.717) is 11.4 Å². The van der Waals surface area contributed by atoms with E-state index < -0.39 is 11.8 Å². The van der Waals surface area contributed by atoms with E-state index in [1.165, 1.54) is 7.05 Å². The van der Waals surface area contributed by atoms with Crippen molar-refractivity contribution in [1.29, 1.82) is 0 Å². The van der Waals surface area contributed by atoms with Crippen LogP contribution in [-0.4, -0.2) is 38.9 Å². The Morgan fingerprint density at radius 2 is 1.71 bits per heavy atom. The number of hydrazine groups is 1. The van der Waals surface area contributed by atoms with E-state index in [-0.39, 0.29) is 12.5 Å². The molecule has 2 rings (SSSR count). The monoisotopic (exact) mass is 385 g/mol. The first-order valence-electron chi connectivity index (χ1n) is 8.65. The molecule has 0 saturated carbocycles. The summed E-state index contributed by atoms with van der Waals surface area (Å²) in [6.07, 6.45) is 3.70. The molecule has 0 saturated heterocycles. The van der Waals surface area contributed by atoms with Crippen LogP contribution in [0.5, 0.6) is 0 Å². The molecule has 28 heavy (non-hydrogen) atoms. The van der Waals surface area contributed by atoms with Crippen LogP contribution in [0.2, 0.25) is 0 Å². The number of carbonyl (C=O) groups is 3. The minimum Gasteiger partial charge on any atom is -0.377 e. The molecule has 1 heterocycles. The van der Waals surface area contributed by atoms with E-state index in [4.69, 9.17) is 0 Å². The van der Waals surface area contributed by atoms with E-state index in [0.717, 1.165) is 11.3 Å². The van der Waals surface area contributed by atoms with Gasteiger partial charge in [0.05, 0.1) is 5.69 Å². The van der Waals surface area contributed by atoms with Gasteiger partial charge >= 0.3 is 11.8 Å². The van der Waals surface area contributed by atoms with E-state index in [2.05, 4.69) is 21.5 Å². The number of amides is 3. The molecule has 0 radical (unpaired) electrons. The van der Waals surface area contributed by atoms with Gasteiger partial charge in [-0.3, -0.25) is 25.2 Å². The average molecular weight is 385 g/mol. The van der Waals surface area contributed by atoms with Crippen molar-refractivity contribution >= 4 is 34.8 Å². The molecule has 9 nitrogen and oxygen atoms in total. The van der Waals surface area contributed by atoms with Crippen molar-refractivity contribution in [3.05, 3.63) is 48.3 Å². The molecular formula is C19H25N6O3+. The molecule has 1 aromatic carbocycles. The summed E-state index contributed by atoms with van der Waals surface area (Å²) in [5.41, 5.74) is 8.08. The Morgan fingerprint density at radius 3 is 2.29 bits per heavy atom. The predicted octanol–water partition coefficient (Wildman–Crippen LogP) is 0.176. The first-order valence-corrected chi connectivity index (χ1v) is 8.65. The average Bonchev–Trinajstić information content (AvgIpc) is 2.66. The predicted molar refractivity (Wildman–Crippen MR) is 107 cm³/mol. The van der Waals surface area contributed by atoms with Crippen LogP contribution in [0, 0.1) is 6.92 Å². The van der Waals surface area contributed by atoms with Crippen LogP contribution < -0.4 is 31.0 Å². The second kappa shape index (κ2) is 9.36. The molecule has 0 unspecified atom stereocenters. The maximum absolute atomic E-state index is 12.3. The van der Waals surface area contributed by atoms with E-state index in [1.54, 1.807) is 22.8 Å². The van der Waals surface area contributed by atoms with Gasteiger partial charge in [0, 0.05) is 44.7 Å². The highest BCUT2D eigenvalue weighted by molar-refractivity contribution is 6.35. The lowest BCUT2D eigenvalue weighted by atomic mass is 10.2. The van der Waals surface area contributed by atoms with Crippen LogP contribution >= 0.6 is 0 Å². The van der Waals surface area contributed by atoms with Gasteiger partial charge in [-0.1, -0.05) is 0 Å². The fourth-order valence-electron chi connectivity index (χ4n) is 2.40. The molecule has 1 aromatic heterocycles. The van der Waals surface area contributed by atoms with Crippen LogP contribution in [-0.2, 0) is 20.9 Å². The third kappa shape index (κ3) is 5.70. The van der Waals surface area contributed by atoms with Crippen molar-refractivity contribution in [2.24, 2.45) is 0 Å². The summed E-state index contributed by atoms with van der Waals surface area (Å²) in [7, 11) is 5.29. The van der Waals surface area contributed by atoms with Gasteiger partial charge in [-0.2, -0.15) is 4.57 Å². The molecule has 0 aliphatic heterocycles. The Balaban J connectivity index is 1.93. The van der Waals surface area contributed by atoms with Crippen molar-refractivity contribution < 1.29 is 19.0 Å². The SMILES string of the molecule is CNC(=O)C(=O)NNc1ccc(NC(=O)C[n+]2ccc(N(C)C)cc2)cc1C. The molecule has 0 aliphatic rings. The lowest BCUT2D eigenvalue weighted by Crippen LogP contribution is -2.41. The Bertz CT molecular complexity index is 864. The number of likely N-dealkylation sites (N-methyl/N-ethyl adjacent to an activating group) is 1. The third-order valence-corrected chi connectivity index (χ3v) is 3.97. The van der Waals surface area contributed by atoms with Crippen molar-refractivity contribution in [2.45, 2.75) is 13.5 Å². The van der Waals surface area contributed by atoms with Gasteiger partial charge in [-0.05, 0) is 30.7 Å². The Kier molecular flexibility index (Phi) is 6.91. The fourth-order valence-corrected chi connectivity index (χ4v) is 2.40. The number of anilines is 3. The molecule has 0 atom stereocenters. The zero-order chi connectivity index (χ0) is 20.7. The summed E-state index contributed by atoms with van der Waals surface area (Å²) in [5, 5.41) is 5.07. The molecule has 3 amide bonds. The largest absolute Gasteiger partial charge is 0.377 e. The van der Waals surface area contributed by atoms with Gasteiger partial charge < -0.3 is 15.5 Å². The maximum atomic E-state index is 12.3. The van der Waals surface area contributed by atoms with Crippen molar-refractivity contribution in [2.75, 3.05) is 36.8 Å². The second-order valence-corrected chi connectivity index (χ2v) is 6.36. The smallest absolute Gasteiger partial charge is 0.327 e. The van der Waals surface area contributed by atoms with E-state index >= 15 is 0 Å². The summed E-state index contributed by atoms with van der Waals surface area (Å²) in [6.45, 7) is 2.01. The van der Waals surface area contributed by atoms with Gasteiger partial charge in [0.25, 0.3) is 5.91 Å². The Labute approximate surface area is 163 Å². The van der Waals surface area contributed by atoms with E-state index in [9.17, 15) is 14.4 Å². The lowest BCUT2D eigenvalue weighted by molar-refractivity contribution is -0.684. The maximum Gasteiger partial charge on any atom is 0.327 e. The molecule has 0 bridgehead atoms. The van der Waals surface area contributed by atoms with Crippen LogP contribution in [0.1, 0.15) is 5.56 Å². The minimum atomic E-state index is -0.795. The molecule has 4 N–H and O–H groups in total. The molecule has 9 heteroatoms. The zero-order valence-electron chi connectivity index (χ0n) is 16.4. The summed E-state index contributed by atoms with van der Waals surface area (Å²) < 4.78 is 1.79. The Morgan fingerprint density at radius 1 is 1.04 bits per heavy atom. The minimum absolute atomic E-state index is 0.157. The molecular weight excluding hydrogens is 360 g/mol. The highest BCUT2D eigenvalue weighted by Crippen LogP contribution is 2.19. The highest BCUT2D eigenvalue weighted by atomic mass is 16.2. The van der Waals surface area contributed by atoms with E-state index in [1.807, 2.05) is 50.4 Å². The topological polar surface area (TPSA) is 106 Å². The van der Waals surface area contributed by atoms with Gasteiger partial charge in [-0.25, -0.2) is 0 Å². The number of pyridine rings is 1. The first kappa shape index (κ1) is 20.7. The van der Waals surface area contributed by atoms with Gasteiger partial charge in [0.15, 0.2) is 12.4 Å². The number of benzene rings is 1. The standard InChI is InChI=1S/C19H24N6O3/c1-13-11-14(5-6-16(13)22-23-19(28)18(27)20-2)21-17(26)12-25-9-7-15(8-10-25)24(3)4/h5-11H,12H2,1-4H3,(H3-,20,21,22,23,26,27,28)/p+1. The molecule has 2 aromatic rings. The van der Waals surface area contributed by atoms with Crippen molar-refractivity contribution in [3.8, 4) is 0 Å². The molecule has 0 fully saturated rings. The second-order valence-electron chi connectivity index (χ2n) is 6.36. The van der Waals surface area contributed by atoms with Crippen molar-refractivity contribution in [3.63, 3.8) is 0 Å². The molecule has 0 spiro atoms. The molecule has 148 valence electrons.